The molecule has 1 aromatic carbocycles. The van der Waals surface area contributed by atoms with Gasteiger partial charge < -0.3 is 4.74 Å². The Hall–Kier alpha value is -1.62. The first-order valence-corrected chi connectivity index (χ1v) is 4.38. The lowest BCUT2D eigenvalue weighted by Gasteiger charge is -2.05. The number of nitro groups is 1. The van der Waals surface area contributed by atoms with Gasteiger partial charge in [0.2, 0.25) is 0 Å². The second-order valence-electron chi connectivity index (χ2n) is 2.87. The molecule has 0 fully saturated rings. The molecule has 0 aromatic heterocycles. The van der Waals surface area contributed by atoms with Crippen LogP contribution in [-0.4, -0.2) is 18.0 Å². The van der Waals surface area contributed by atoms with E-state index in [1.807, 2.05) is 0 Å². The molecule has 6 heteroatoms. The van der Waals surface area contributed by atoms with Crippen molar-refractivity contribution in [3.63, 3.8) is 0 Å². The summed E-state index contributed by atoms with van der Waals surface area (Å²) >= 11 is 5.66. The zero-order valence-corrected chi connectivity index (χ0v) is 8.87. The second kappa shape index (κ2) is 4.27. The van der Waals surface area contributed by atoms with E-state index in [-0.39, 0.29) is 16.3 Å². The minimum atomic E-state index is -0.740. The van der Waals surface area contributed by atoms with E-state index >= 15 is 0 Å². The molecule has 0 unspecified atom stereocenters. The fourth-order valence-corrected chi connectivity index (χ4v) is 1.50. The smallest absolute Gasteiger partial charge is 0.345 e. The third kappa shape index (κ3) is 2.24. The number of ether oxygens (including phenoxy) is 1. The van der Waals surface area contributed by atoms with Crippen LogP contribution in [0.1, 0.15) is 15.9 Å². The Bertz CT molecular complexity index is 430. The summed E-state index contributed by atoms with van der Waals surface area (Å²) in [4.78, 5) is 21.3. The number of rotatable bonds is 2. The third-order valence-corrected chi connectivity index (χ3v) is 2.08. The van der Waals surface area contributed by atoms with Crippen LogP contribution >= 0.6 is 11.6 Å². The van der Waals surface area contributed by atoms with Crippen molar-refractivity contribution in [3.05, 3.63) is 38.4 Å². The Morgan fingerprint density at radius 2 is 2.13 bits per heavy atom. The molecule has 0 amide bonds. The minimum absolute atomic E-state index is 0.0631. The van der Waals surface area contributed by atoms with Crippen molar-refractivity contribution < 1.29 is 14.5 Å². The average molecular weight is 230 g/mol. The van der Waals surface area contributed by atoms with Gasteiger partial charge in [-0.15, -0.1) is 0 Å². The molecular formula is C9H8ClNO4. The molecule has 0 saturated carbocycles. The van der Waals surface area contributed by atoms with Crippen LogP contribution in [0.3, 0.4) is 0 Å². The van der Waals surface area contributed by atoms with Crippen molar-refractivity contribution in [1.29, 1.82) is 0 Å². The molecule has 0 heterocycles. The van der Waals surface area contributed by atoms with Gasteiger partial charge in [-0.05, 0) is 18.6 Å². The number of methoxy groups -OCH3 is 1. The largest absolute Gasteiger partial charge is 0.465 e. The molecule has 5 nitrogen and oxygen atoms in total. The molecule has 0 aliphatic carbocycles. The van der Waals surface area contributed by atoms with Gasteiger partial charge in [0, 0.05) is 11.1 Å². The van der Waals surface area contributed by atoms with Gasteiger partial charge in [0.25, 0.3) is 5.69 Å². The van der Waals surface area contributed by atoms with E-state index in [1.54, 1.807) is 6.92 Å². The van der Waals surface area contributed by atoms with E-state index in [9.17, 15) is 14.9 Å². The maximum absolute atomic E-state index is 11.3. The number of aryl methyl sites for hydroxylation is 1. The summed E-state index contributed by atoms with van der Waals surface area (Å²) in [5.41, 5.74) is 0.0137. The van der Waals surface area contributed by atoms with Gasteiger partial charge in [0.1, 0.15) is 5.56 Å². The van der Waals surface area contributed by atoms with Crippen LogP contribution < -0.4 is 0 Å². The maximum Gasteiger partial charge on any atom is 0.345 e. The Labute approximate surface area is 90.8 Å². The number of hydrogen-bond acceptors (Lipinski definition) is 4. The van der Waals surface area contributed by atoms with Crippen LogP contribution in [0.2, 0.25) is 5.02 Å². The highest BCUT2D eigenvalue weighted by Crippen LogP contribution is 2.27. The average Bonchev–Trinajstić information content (AvgIpc) is 2.15. The molecule has 0 aliphatic rings. The molecular weight excluding hydrogens is 222 g/mol. The highest BCUT2D eigenvalue weighted by atomic mass is 35.5. The number of nitro benzene ring substituents is 1. The predicted molar refractivity (Wildman–Crippen MR) is 54.2 cm³/mol. The van der Waals surface area contributed by atoms with Crippen LogP contribution in [-0.2, 0) is 4.74 Å². The Morgan fingerprint density at radius 1 is 1.53 bits per heavy atom. The number of carbonyl (C=O) groups is 1. The molecule has 0 saturated heterocycles. The Morgan fingerprint density at radius 3 is 2.60 bits per heavy atom. The number of carbonyl (C=O) groups excluding carboxylic acids is 1. The molecule has 0 spiro atoms. The van der Waals surface area contributed by atoms with Crippen LogP contribution in [0.15, 0.2) is 12.1 Å². The number of benzene rings is 1. The summed E-state index contributed by atoms with van der Waals surface area (Å²) in [6.07, 6.45) is 0. The van der Waals surface area contributed by atoms with Crippen molar-refractivity contribution in [2.75, 3.05) is 7.11 Å². The van der Waals surface area contributed by atoms with Gasteiger partial charge in [-0.2, -0.15) is 0 Å². The summed E-state index contributed by atoms with van der Waals surface area (Å²) < 4.78 is 4.46. The van der Waals surface area contributed by atoms with E-state index in [0.717, 1.165) is 6.07 Å². The van der Waals surface area contributed by atoms with Crippen LogP contribution in [0, 0.1) is 17.0 Å². The van der Waals surface area contributed by atoms with Crippen LogP contribution in [0.25, 0.3) is 0 Å². The predicted octanol–water partition coefficient (Wildman–Crippen LogP) is 2.34. The molecule has 0 aliphatic heterocycles. The highest BCUT2D eigenvalue weighted by molar-refractivity contribution is 6.31. The van der Waals surface area contributed by atoms with E-state index in [0.29, 0.717) is 5.56 Å². The van der Waals surface area contributed by atoms with Gasteiger partial charge >= 0.3 is 5.97 Å². The topological polar surface area (TPSA) is 69.4 Å². The van der Waals surface area contributed by atoms with Crippen molar-refractivity contribution >= 4 is 23.3 Å². The highest BCUT2D eigenvalue weighted by Gasteiger charge is 2.23. The van der Waals surface area contributed by atoms with E-state index in [4.69, 9.17) is 11.6 Å². The van der Waals surface area contributed by atoms with Crippen molar-refractivity contribution in [1.82, 2.24) is 0 Å². The fourth-order valence-electron chi connectivity index (χ4n) is 1.24. The quantitative estimate of drug-likeness (QED) is 0.443. The molecule has 0 radical (unpaired) electrons. The van der Waals surface area contributed by atoms with Gasteiger partial charge in [-0.3, -0.25) is 10.1 Å². The van der Waals surface area contributed by atoms with Gasteiger partial charge in [0.15, 0.2) is 0 Å². The first-order valence-electron chi connectivity index (χ1n) is 4.00. The molecule has 1 aromatic rings. The molecule has 15 heavy (non-hydrogen) atoms. The van der Waals surface area contributed by atoms with Gasteiger partial charge in [-0.25, -0.2) is 4.79 Å². The number of nitrogens with zero attached hydrogens (tertiary/aromatic N) is 1. The number of halogens is 1. The molecule has 0 N–H and O–H groups in total. The molecule has 0 atom stereocenters. The standard InChI is InChI=1S/C9H8ClNO4/c1-5-3-6(10)4-7(11(13)14)8(5)9(12)15-2/h3-4H,1-2H3. The normalized spacial score (nSPS) is 9.80. The summed E-state index contributed by atoms with van der Waals surface area (Å²) in [5, 5.41) is 10.9. The zero-order chi connectivity index (χ0) is 11.6. The van der Waals surface area contributed by atoms with Gasteiger partial charge in [0.05, 0.1) is 12.0 Å². The monoisotopic (exact) mass is 229 g/mol. The Balaban J connectivity index is 3.46. The lowest BCUT2D eigenvalue weighted by atomic mass is 10.1. The van der Waals surface area contributed by atoms with Crippen molar-refractivity contribution in [2.45, 2.75) is 6.92 Å². The number of esters is 1. The summed E-state index contributed by atoms with van der Waals surface area (Å²) in [6, 6.07) is 2.60. The van der Waals surface area contributed by atoms with Crippen LogP contribution in [0.5, 0.6) is 0 Å². The first kappa shape index (κ1) is 11.5. The molecule has 1 rings (SSSR count). The second-order valence-corrected chi connectivity index (χ2v) is 3.30. The minimum Gasteiger partial charge on any atom is -0.465 e. The molecule has 80 valence electrons. The Kier molecular flexibility index (Phi) is 3.26. The number of hydrogen-bond donors (Lipinski definition) is 0. The van der Waals surface area contributed by atoms with Gasteiger partial charge in [-0.1, -0.05) is 11.6 Å². The maximum atomic E-state index is 11.3. The van der Waals surface area contributed by atoms with Crippen LogP contribution in [0.4, 0.5) is 5.69 Å². The first-order chi connectivity index (χ1) is 6.97. The summed E-state index contributed by atoms with van der Waals surface area (Å²) in [7, 11) is 1.17. The van der Waals surface area contributed by atoms with Crippen molar-refractivity contribution in [2.24, 2.45) is 0 Å². The lowest BCUT2D eigenvalue weighted by molar-refractivity contribution is -0.385. The zero-order valence-electron chi connectivity index (χ0n) is 8.11. The van der Waals surface area contributed by atoms with E-state index in [2.05, 4.69) is 4.74 Å². The lowest BCUT2D eigenvalue weighted by Crippen LogP contribution is -2.08. The van der Waals surface area contributed by atoms with E-state index < -0.39 is 10.9 Å². The summed E-state index contributed by atoms with van der Waals surface area (Å²) in [6.45, 7) is 1.56. The summed E-state index contributed by atoms with van der Waals surface area (Å²) in [5.74, 6) is -0.740. The SMILES string of the molecule is COC(=O)c1c(C)cc(Cl)cc1[N+](=O)[O-]. The fraction of sp³-hybridized carbons (Fsp3) is 0.222. The van der Waals surface area contributed by atoms with E-state index in [1.165, 1.54) is 13.2 Å². The van der Waals surface area contributed by atoms with Crippen molar-refractivity contribution in [3.8, 4) is 0 Å². The third-order valence-electron chi connectivity index (χ3n) is 1.87. The molecule has 0 bridgehead atoms.